The van der Waals surface area contributed by atoms with Gasteiger partial charge in [-0.1, -0.05) is 6.92 Å². The van der Waals surface area contributed by atoms with Crippen LogP contribution in [0.15, 0.2) is 21.8 Å². The van der Waals surface area contributed by atoms with Crippen LogP contribution in [-0.2, 0) is 6.42 Å². The Balaban J connectivity index is 1.76. The molecule has 0 aromatic carbocycles. The molecule has 1 fully saturated rings. The lowest BCUT2D eigenvalue weighted by Crippen LogP contribution is -2.39. The summed E-state index contributed by atoms with van der Waals surface area (Å²) in [6.07, 6.45) is 3.52. The second-order valence-corrected chi connectivity index (χ2v) is 7.34. The number of nitrogens with zero attached hydrogens (tertiary/aromatic N) is 4. The van der Waals surface area contributed by atoms with Gasteiger partial charge in [-0.2, -0.15) is 0 Å². The van der Waals surface area contributed by atoms with Crippen LogP contribution in [0.1, 0.15) is 59.7 Å². The van der Waals surface area contributed by atoms with Crippen LogP contribution in [0.25, 0.3) is 5.65 Å². The summed E-state index contributed by atoms with van der Waals surface area (Å²) in [6, 6.07) is 1.80. The lowest BCUT2D eigenvalue weighted by atomic mass is 9.99. The van der Waals surface area contributed by atoms with Gasteiger partial charge in [-0.15, -0.1) is 11.3 Å². The summed E-state index contributed by atoms with van der Waals surface area (Å²) in [5, 5.41) is 4.98. The van der Waals surface area contributed by atoms with E-state index in [1.807, 2.05) is 24.8 Å². The average molecular weight is 371 g/mol. The lowest BCUT2D eigenvalue weighted by Gasteiger charge is -2.34. The van der Waals surface area contributed by atoms with Crippen molar-refractivity contribution in [3.05, 3.63) is 50.0 Å². The number of piperidine rings is 1. The summed E-state index contributed by atoms with van der Waals surface area (Å²) in [7, 11) is 0. The minimum Gasteiger partial charge on any atom is -0.329 e. The highest BCUT2D eigenvalue weighted by atomic mass is 32.1. The van der Waals surface area contributed by atoms with E-state index in [1.165, 1.54) is 15.9 Å². The van der Waals surface area contributed by atoms with Gasteiger partial charge in [0.1, 0.15) is 5.69 Å². The van der Waals surface area contributed by atoms with E-state index < -0.39 is 0 Å². The molecule has 1 saturated heterocycles. The molecule has 8 heteroatoms. The molecule has 0 aliphatic carbocycles. The van der Waals surface area contributed by atoms with Crippen LogP contribution in [-0.4, -0.2) is 36.9 Å². The molecule has 3 aromatic heterocycles. The van der Waals surface area contributed by atoms with E-state index in [0.717, 1.165) is 36.2 Å². The first kappa shape index (κ1) is 17.0. The van der Waals surface area contributed by atoms with Gasteiger partial charge in [-0.25, -0.2) is 14.5 Å². The van der Waals surface area contributed by atoms with Gasteiger partial charge >= 0.3 is 0 Å². The van der Waals surface area contributed by atoms with Crippen molar-refractivity contribution < 1.29 is 4.79 Å². The molecule has 0 spiro atoms. The van der Waals surface area contributed by atoms with Crippen LogP contribution in [0.4, 0.5) is 0 Å². The number of amides is 1. The van der Waals surface area contributed by atoms with Gasteiger partial charge in [0.15, 0.2) is 5.65 Å². The van der Waals surface area contributed by atoms with Crippen molar-refractivity contribution in [2.24, 2.45) is 0 Å². The molecule has 136 valence electrons. The number of aryl methyl sites for hydroxylation is 1. The fraction of sp³-hybridized carbons (Fsp3) is 0.444. The van der Waals surface area contributed by atoms with Gasteiger partial charge < -0.3 is 4.90 Å². The van der Waals surface area contributed by atoms with Crippen molar-refractivity contribution in [1.82, 2.24) is 24.5 Å². The number of aromatic nitrogens is 4. The molecule has 0 bridgehead atoms. The zero-order chi connectivity index (χ0) is 18.3. The van der Waals surface area contributed by atoms with E-state index in [-0.39, 0.29) is 17.5 Å². The fourth-order valence-corrected chi connectivity index (χ4v) is 4.26. The van der Waals surface area contributed by atoms with Crippen LogP contribution in [0.3, 0.4) is 0 Å². The van der Waals surface area contributed by atoms with E-state index in [0.29, 0.717) is 24.3 Å². The quantitative estimate of drug-likeness (QED) is 0.767. The zero-order valence-corrected chi connectivity index (χ0v) is 15.7. The van der Waals surface area contributed by atoms with Crippen molar-refractivity contribution in [2.45, 2.75) is 45.6 Å². The first-order valence-electron chi connectivity index (χ1n) is 8.90. The number of hydrogen-bond acceptors (Lipinski definition) is 5. The topological polar surface area (TPSA) is 83.4 Å². The highest BCUT2D eigenvalue weighted by molar-refractivity contribution is 7.07. The van der Waals surface area contributed by atoms with E-state index in [1.54, 1.807) is 10.9 Å². The van der Waals surface area contributed by atoms with Crippen molar-refractivity contribution in [3.8, 4) is 0 Å². The Morgan fingerprint density at radius 2 is 2.27 bits per heavy atom. The summed E-state index contributed by atoms with van der Waals surface area (Å²) in [4.78, 5) is 36.1. The molecule has 0 unspecified atom stereocenters. The predicted octanol–water partition coefficient (Wildman–Crippen LogP) is 2.72. The van der Waals surface area contributed by atoms with Crippen molar-refractivity contribution in [1.29, 1.82) is 0 Å². The number of likely N-dealkylation sites (tertiary alicyclic amines) is 1. The summed E-state index contributed by atoms with van der Waals surface area (Å²) in [5.41, 5.74) is 5.04. The molecule has 0 saturated carbocycles. The SMILES string of the molecule is CCc1c(C)nc2cc([C@H]3CCCCN3C(=O)c3cscn3)[nH]n2c1=O. The molecule has 1 atom stereocenters. The van der Waals surface area contributed by atoms with Crippen LogP contribution in [0.5, 0.6) is 0 Å². The third-order valence-electron chi connectivity index (χ3n) is 5.06. The third kappa shape index (κ3) is 2.74. The van der Waals surface area contributed by atoms with Gasteiger partial charge in [0.05, 0.1) is 17.2 Å². The molecular weight excluding hydrogens is 350 g/mol. The Hall–Kier alpha value is -2.48. The third-order valence-corrected chi connectivity index (χ3v) is 5.65. The molecular formula is C18H21N5O2S. The molecule has 26 heavy (non-hydrogen) atoms. The number of aromatic amines is 1. The van der Waals surface area contributed by atoms with Crippen LogP contribution < -0.4 is 5.56 Å². The molecule has 1 amide bonds. The Labute approximate surface area is 154 Å². The summed E-state index contributed by atoms with van der Waals surface area (Å²) < 4.78 is 1.50. The number of rotatable bonds is 3. The van der Waals surface area contributed by atoms with Crippen molar-refractivity contribution >= 4 is 22.9 Å². The Kier molecular flexibility index (Phi) is 4.36. The predicted molar refractivity (Wildman–Crippen MR) is 99.7 cm³/mol. The van der Waals surface area contributed by atoms with Crippen LogP contribution in [0, 0.1) is 6.92 Å². The zero-order valence-electron chi connectivity index (χ0n) is 14.9. The van der Waals surface area contributed by atoms with E-state index in [4.69, 9.17) is 0 Å². The molecule has 1 N–H and O–H groups in total. The number of nitrogens with one attached hydrogen (secondary N) is 1. The Morgan fingerprint density at radius 1 is 1.42 bits per heavy atom. The van der Waals surface area contributed by atoms with Crippen LogP contribution in [0.2, 0.25) is 0 Å². The number of carbonyl (C=O) groups excluding carboxylic acids is 1. The second-order valence-electron chi connectivity index (χ2n) is 6.62. The largest absolute Gasteiger partial charge is 0.329 e. The number of carbonyl (C=O) groups is 1. The Bertz CT molecular complexity index is 1000. The van der Waals surface area contributed by atoms with Crippen molar-refractivity contribution in [3.63, 3.8) is 0 Å². The standard InChI is InChI=1S/C18H21N5O2S/c1-3-12-11(2)20-16-8-13(21-23(16)17(12)24)15-6-4-5-7-22(15)18(25)14-9-26-10-19-14/h8-10,15,21H,3-7H2,1-2H3/t15-/m1/s1. The minimum absolute atomic E-state index is 0.0552. The fourth-order valence-electron chi connectivity index (χ4n) is 3.73. The van der Waals surface area contributed by atoms with Gasteiger partial charge in [0, 0.05) is 29.2 Å². The van der Waals surface area contributed by atoms with Gasteiger partial charge in [0.2, 0.25) is 0 Å². The minimum atomic E-state index is -0.0931. The number of thiazole rings is 1. The average Bonchev–Trinajstić information content (AvgIpc) is 3.31. The van der Waals surface area contributed by atoms with E-state index in [9.17, 15) is 9.59 Å². The molecule has 4 heterocycles. The summed E-state index contributed by atoms with van der Waals surface area (Å²) >= 11 is 1.42. The number of H-pyrrole nitrogens is 1. The monoisotopic (exact) mass is 371 g/mol. The van der Waals surface area contributed by atoms with Crippen molar-refractivity contribution in [2.75, 3.05) is 6.54 Å². The van der Waals surface area contributed by atoms with Gasteiger partial charge in [-0.05, 0) is 32.6 Å². The maximum atomic E-state index is 12.9. The lowest BCUT2D eigenvalue weighted by molar-refractivity contribution is 0.0600. The Morgan fingerprint density at radius 3 is 3.00 bits per heavy atom. The first-order chi connectivity index (χ1) is 12.6. The highest BCUT2D eigenvalue weighted by Gasteiger charge is 2.31. The van der Waals surface area contributed by atoms with E-state index in [2.05, 4.69) is 15.1 Å². The molecule has 4 rings (SSSR count). The molecule has 3 aromatic rings. The summed E-state index contributed by atoms with van der Waals surface area (Å²) in [6.45, 7) is 4.51. The first-order valence-corrected chi connectivity index (χ1v) is 9.84. The van der Waals surface area contributed by atoms with Gasteiger partial charge in [0.25, 0.3) is 11.5 Å². The summed E-state index contributed by atoms with van der Waals surface area (Å²) in [5.74, 6) is -0.0552. The molecule has 7 nitrogen and oxygen atoms in total. The second kappa shape index (κ2) is 6.68. The highest BCUT2D eigenvalue weighted by Crippen LogP contribution is 2.31. The van der Waals surface area contributed by atoms with Crippen LogP contribution >= 0.6 is 11.3 Å². The smallest absolute Gasteiger partial charge is 0.276 e. The normalized spacial score (nSPS) is 17.8. The molecule has 1 aliphatic heterocycles. The molecule has 1 aliphatic rings. The number of hydrogen-bond donors (Lipinski definition) is 1. The number of fused-ring (bicyclic) bond motifs is 1. The van der Waals surface area contributed by atoms with E-state index >= 15 is 0 Å². The molecule has 0 radical (unpaired) electrons. The maximum Gasteiger partial charge on any atom is 0.276 e. The van der Waals surface area contributed by atoms with Gasteiger partial charge in [-0.3, -0.25) is 14.7 Å². The maximum absolute atomic E-state index is 12.9.